The maximum atomic E-state index is 11.8. The van der Waals surface area contributed by atoms with Crippen LogP contribution in [0.5, 0.6) is 0 Å². The molecule has 3 heteroatoms. The Balaban J connectivity index is 1.91. The van der Waals surface area contributed by atoms with Crippen molar-refractivity contribution >= 4 is 12.0 Å². The minimum Gasteiger partial charge on any atom is -0.386 e. The van der Waals surface area contributed by atoms with E-state index in [1.807, 2.05) is 44.2 Å². The van der Waals surface area contributed by atoms with Gasteiger partial charge in [0.05, 0.1) is 18.7 Å². The number of hydrogen-bond donors (Lipinski definition) is 1. The summed E-state index contributed by atoms with van der Waals surface area (Å²) in [7, 11) is 0. The van der Waals surface area contributed by atoms with Crippen molar-refractivity contribution in [2.75, 3.05) is 13.1 Å². The number of carbonyl (C=O) groups excluding carboxylic acids is 1. The lowest BCUT2D eigenvalue weighted by Crippen LogP contribution is -2.62. The molecule has 2 rings (SSSR count). The molecule has 0 atom stereocenters. The van der Waals surface area contributed by atoms with Crippen LogP contribution < -0.4 is 0 Å². The molecule has 1 aromatic carbocycles. The van der Waals surface area contributed by atoms with Crippen molar-refractivity contribution in [2.45, 2.75) is 25.9 Å². The molecule has 0 aliphatic carbocycles. The van der Waals surface area contributed by atoms with Crippen LogP contribution in [0.15, 0.2) is 30.3 Å². The summed E-state index contributed by atoms with van der Waals surface area (Å²) < 4.78 is 0. The molecule has 1 aliphatic heterocycles. The van der Waals surface area contributed by atoms with Crippen LogP contribution in [0.25, 0.3) is 6.08 Å². The molecule has 0 bridgehead atoms. The van der Waals surface area contributed by atoms with E-state index in [2.05, 4.69) is 0 Å². The van der Waals surface area contributed by atoms with Gasteiger partial charge in [-0.15, -0.1) is 0 Å². The van der Waals surface area contributed by atoms with Crippen molar-refractivity contribution in [2.24, 2.45) is 0 Å². The zero-order valence-corrected chi connectivity index (χ0v) is 10.9. The molecule has 3 nitrogen and oxygen atoms in total. The van der Waals surface area contributed by atoms with E-state index in [1.165, 1.54) is 5.56 Å². The lowest BCUT2D eigenvalue weighted by molar-refractivity contribution is -0.150. The summed E-state index contributed by atoms with van der Waals surface area (Å²) >= 11 is 0. The molecule has 1 fully saturated rings. The van der Waals surface area contributed by atoms with Crippen LogP contribution in [0.3, 0.4) is 0 Å². The van der Waals surface area contributed by atoms with Crippen LogP contribution in [0.4, 0.5) is 0 Å². The second-order valence-electron chi connectivity index (χ2n) is 5.02. The van der Waals surface area contributed by atoms with Crippen molar-refractivity contribution < 1.29 is 9.90 Å². The number of aliphatic hydroxyl groups is 1. The minimum absolute atomic E-state index is 0.0336. The lowest BCUT2D eigenvalue weighted by atomic mass is 9.91. The van der Waals surface area contributed by atoms with E-state index in [4.69, 9.17) is 0 Å². The van der Waals surface area contributed by atoms with E-state index in [1.54, 1.807) is 11.0 Å². The van der Waals surface area contributed by atoms with Crippen molar-refractivity contribution in [1.82, 2.24) is 4.90 Å². The van der Waals surface area contributed by atoms with Gasteiger partial charge >= 0.3 is 0 Å². The third kappa shape index (κ3) is 2.79. The first-order valence-electron chi connectivity index (χ1n) is 6.28. The Labute approximate surface area is 108 Å². The molecule has 0 spiro atoms. The molecule has 1 amide bonds. The van der Waals surface area contributed by atoms with Gasteiger partial charge in [-0.25, -0.2) is 0 Å². The molecule has 1 aromatic rings. The molecule has 0 aromatic heterocycles. The summed E-state index contributed by atoms with van der Waals surface area (Å²) in [6, 6.07) is 8.00. The number of amides is 1. The number of rotatable bonds is 3. The first-order chi connectivity index (χ1) is 8.52. The monoisotopic (exact) mass is 245 g/mol. The van der Waals surface area contributed by atoms with E-state index < -0.39 is 5.60 Å². The molecule has 1 saturated heterocycles. The van der Waals surface area contributed by atoms with E-state index in [9.17, 15) is 9.90 Å². The van der Waals surface area contributed by atoms with Crippen molar-refractivity contribution in [3.05, 3.63) is 41.5 Å². The Kier molecular flexibility index (Phi) is 3.53. The second kappa shape index (κ2) is 4.94. The van der Waals surface area contributed by atoms with Crippen molar-refractivity contribution in [1.29, 1.82) is 0 Å². The van der Waals surface area contributed by atoms with Gasteiger partial charge in [-0.3, -0.25) is 4.79 Å². The zero-order chi connectivity index (χ0) is 13.2. The number of hydrogen-bond acceptors (Lipinski definition) is 2. The van der Waals surface area contributed by atoms with Crippen LogP contribution >= 0.6 is 0 Å². The largest absolute Gasteiger partial charge is 0.386 e. The normalized spacial score (nSPS) is 17.8. The number of benzene rings is 1. The van der Waals surface area contributed by atoms with Crippen LogP contribution in [0.2, 0.25) is 0 Å². The van der Waals surface area contributed by atoms with Gasteiger partial charge in [-0.1, -0.05) is 36.8 Å². The number of β-amino-alcohol motifs (C(OH)–C–C–N with tert-alkyl or cyclic N) is 1. The molecule has 0 unspecified atom stereocenters. The molecular formula is C15H19NO2. The fraction of sp³-hybridized carbons (Fsp3) is 0.400. The van der Waals surface area contributed by atoms with Gasteiger partial charge in [0.25, 0.3) is 0 Å². The summed E-state index contributed by atoms with van der Waals surface area (Å²) in [4.78, 5) is 13.5. The van der Waals surface area contributed by atoms with Crippen LogP contribution in [-0.2, 0) is 4.79 Å². The highest BCUT2D eigenvalue weighted by molar-refractivity contribution is 5.92. The number of carbonyl (C=O) groups is 1. The van der Waals surface area contributed by atoms with Crippen LogP contribution in [-0.4, -0.2) is 34.6 Å². The maximum Gasteiger partial charge on any atom is 0.246 e. The Morgan fingerprint density at radius 1 is 1.39 bits per heavy atom. The first-order valence-corrected chi connectivity index (χ1v) is 6.28. The Morgan fingerprint density at radius 3 is 2.56 bits per heavy atom. The summed E-state index contributed by atoms with van der Waals surface area (Å²) in [5.41, 5.74) is 1.56. The highest BCUT2D eigenvalue weighted by Gasteiger charge is 2.41. The minimum atomic E-state index is -0.659. The molecule has 18 heavy (non-hydrogen) atoms. The highest BCUT2D eigenvalue weighted by Crippen LogP contribution is 2.24. The molecular weight excluding hydrogens is 226 g/mol. The SMILES string of the molecule is CCC1(O)CN(C(=O)C=Cc2ccc(C)cc2)C1. The van der Waals surface area contributed by atoms with Crippen molar-refractivity contribution in [3.63, 3.8) is 0 Å². The standard InChI is InChI=1S/C15H19NO2/c1-3-15(18)10-16(11-15)14(17)9-8-13-6-4-12(2)5-7-13/h4-9,18H,3,10-11H2,1-2H3. The Morgan fingerprint density at radius 2 is 2.00 bits per heavy atom. The summed E-state index contributed by atoms with van der Waals surface area (Å²) in [6.07, 6.45) is 4.07. The summed E-state index contributed by atoms with van der Waals surface area (Å²) in [6.45, 7) is 4.86. The smallest absolute Gasteiger partial charge is 0.246 e. The maximum absolute atomic E-state index is 11.8. The average Bonchev–Trinajstić information content (AvgIpc) is 2.34. The molecule has 96 valence electrons. The molecule has 0 radical (unpaired) electrons. The van der Waals surface area contributed by atoms with E-state index in [-0.39, 0.29) is 5.91 Å². The molecule has 1 heterocycles. The number of likely N-dealkylation sites (tertiary alicyclic amines) is 1. The van der Waals surface area contributed by atoms with E-state index in [0.29, 0.717) is 19.5 Å². The first kappa shape index (κ1) is 12.8. The van der Waals surface area contributed by atoms with Gasteiger partial charge in [0.15, 0.2) is 0 Å². The molecule has 1 N–H and O–H groups in total. The van der Waals surface area contributed by atoms with Gasteiger partial charge in [-0.2, -0.15) is 0 Å². The summed E-state index contributed by atoms with van der Waals surface area (Å²) in [5, 5.41) is 9.84. The van der Waals surface area contributed by atoms with Gasteiger partial charge in [-0.05, 0) is 25.0 Å². The van der Waals surface area contributed by atoms with E-state index in [0.717, 1.165) is 5.56 Å². The average molecular weight is 245 g/mol. The highest BCUT2D eigenvalue weighted by atomic mass is 16.3. The van der Waals surface area contributed by atoms with Gasteiger partial charge in [0, 0.05) is 6.08 Å². The third-order valence-electron chi connectivity index (χ3n) is 3.44. The molecule has 0 saturated carbocycles. The fourth-order valence-corrected chi connectivity index (χ4v) is 1.99. The lowest BCUT2D eigenvalue weighted by Gasteiger charge is -2.45. The summed E-state index contributed by atoms with van der Waals surface area (Å²) in [5.74, 6) is -0.0336. The predicted octanol–water partition coefficient (Wildman–Crippen LogP) is 1.99. The Hall–Kier alpha value is -1.61. The number of aryl methyl sites for hydroxylation is 1. The number of nitrogens with zero attached hydrogens (tertiary/aromatic N) is 1. The molecule has 1 aliphatic rings. The van der Waals surface area contributed by atoms with E-state index >= 15 is 0 Å². The topological polar surface area (TPSA) is 40.5 Å². The predicted molar refractivity (Wildman–Crippen MR) is 72.0 cm³/mol. The van der Waals surface area contributed by atoms with Crippen LogP contribution in [0, 0.1) is 6.92 Å². The van der Waals surface area contributed by atoms with Crippen LogP contribution in [0.1, 0.15) is 24.5 Å². The fourth-order valence-electron chi connectivity index (χ4n) is 1.99. The zero-order valence-electron chi connectivity index (χ0n) is 10.9. The quantitative estimate of drug-likeness (QED) is 0.827. The van der Waals surface area contributed by atoms with Crippen molar-refractivity contribution in [3.8, 4) is 0 Å². The second-order valence-corrected chi connectivity index (χ2v) is 5.02. The van der Waals surface area contributed by atoms with Gasteiger partial charge in [0.1, 0.15) is 0 Å². The third-order valence-corrected chi connectivity index (χ3v) is 3.44. The van der Waals surface area contributed by atoms with Gasteiger partial charge < -0.3 is 10.0 Å². The van der Waals surface area contributed by atoms with Gasteiger partial charge in [0.2, 0.25) is 5.91 Å². The Bertz CT molecular complexity index is 456.